The summed E-state index contributed by atoms with van der Waals surface area (Å²) in [6, 6.07) is 21.3. The van der Waals surface area contributed by atoms with Gasteiger partial charge >= 0.3 is 21.7 Å². The van der Waals surface area contributed by atoms with Crippen LogP contribution < -0.4 is 10.4 Å². The van der Waals surface area contributed by atoms with E-state index in [2.05, 4.69) is 108 Å². The molecule has 4 heteroatoms. The molecule has 3 unspecified atom stereocenters. The molecule has 1 amide bonds. The van der Waals surface area contributed by atoms with Crippen molar-refractivity contribution in [2.24, 2.45) is 28.1 Å². The SMILES string of the molecule is CC12CC3CC(C)(C1)CC(C([NH-])=O)(C3)C2.CC1=[C-]C(C)C(C)=C1C.[Ti+2].c1ccc([SiH]c2ccccc2)cc1. The first-order chi connectivity index (χ1) is 17.4. The van der Waals surface area contributed by atoms with Crippen molar-refractivity contribution in [3.8, 4) is 0 Å². The Morgan fingerprint density at radius 3 is 1.63 bits per heavy atom. The van der Waals surface area contributed by atoms with Crippen LogP contribution in [0.2, 0.25) is 0 Å². The average Bonchev–Trinajstić information content (AvgIpc) is 3.04. The van der Waals surface area contributed by atoms with Gasteiger partial charge in [0.15, 0.2) is 0 Å². The molecule has 1 N–H and O–H groups in total. The second-order valence-electron chi connectivity index (χ2n) is 13.0. The maximum Gasteiger partial charge on any atom is 2.00 e. The topological polar surface area (TPSA) is 40.9 Å². The minimum atomic E-state index is -0.274. The van der Waals surface area contributed by atoms with Gasteiger partial charge in [-0.05, 0) is 55.3 Å². The van der Waals surface area contributed by atoms with Gasteiger partial charge in [-0.25, -0.2) is 5.57 Å². The Morgan fingerprint density at radius 2 is 1.32 bits per heavy atom. The molecule has 4 saturated carbocycles. The smallest absolute Gasteiger partial charge is 0.667 e. The quantitative estimate of drug-likeness (QED) is 0.287. The number of carbonyl (C=O) groups is 1. The van der Waals surface area contributed by atoms with Crippen LogP contribution in [0.25, 0.3) is 5.73 Å². The molecular weight excluding hydrogens is 514 g/mol. The van der Waals surface area contributed by atoms with E-state index in [0.29, 0.717) is 16.7 Å². The van der Waals surface area contributed by atoms with E-state index in [4.69, 9.17) is 5.73 Å². The van der Waals surface area contributed by atoms with Gasteiger partial charge in [0, 0.05) is 5.41 Å². The summed E-state index contributed by atoms with van der Waals surface area (Å²) in [7, 11) is 0.271. The van der Waals surface area contributed by atoms with Crippen LogP contribution in [0.4, 0.5) is 0 Å². The summed E-state index contributed by atoms with van der Waals surface area (Å²) in [6.45, 7) is 13.4. The van der Waals surface area contributed by atoms with Crippen LogP contribution in [0.5, 0.6) is 0 Å². The van der Waals surface area contributed by atoms with E-state index < -0.39 is 0 Å². The molecular formula is C34H44NOSiTi. The maximum atomic E-state index is 11.6. The molecule has 2 aromatic carbocycles. The summed E-state index contributed by atoms with van der Waals surface area (Å²) in [4.78, 5) is 11.6. The number of allylic oxidation sites excluding steroid dienone is 4. The van der Waals surface area contributed by atoms with Gasteiger partial charge in [-0.1, -0.05) is 112 Å². The number of hydrogen-bond donors (Lipinski definition) is 0. The first kappa shape index (κ1) is 30.9. The molecule has 4 bridgehead atoms. The predicted molar refractivity (Wildman–Crippen MR) is 158 cm³/mol. The van der Waals surface area contributed by atoms with Crippen LogP contribution >= 0.6 is 0 Å². The molecule has 199 valence electrons. The van der Waals surface area contributed by atoms with E-state index in [-0.39, 0.29) is 42.6 Å². The standard InChI is InChI=1S/C13H21NO.C12H11Si.C9H13.Ti/c1-11-3-9-4-12(2,6-11)8-13(5-9,7-11)10(14)15;1-3-7-11(8-4-1)13-12-9-5-2-6-10-12;1-6-5-7(2)9(4)8(6)3;/h9H,3-8H2,1-2H3,(H2,14,15);1-10,13H;6H,1-4H3;/q;;-1;+2/p-1. The van der Waals surface area contributed by atoms with Crippen LogP contribution in [-0.4, -0.2) is 15.4 Å². The molecule has 0 saturated heterocycles. The zero-order chi connectivity index (χ0) is 26.8. The van der Waals surface area contributed by atoms with Crippen molar-refractivity contribution in [1.82, 2.24) is 0 Å². The summed E-state index contributed by atoms with van der Waals surface area (Å²) in [5, 5.41) is 2.90. The minimum Gasteiger partial charge on any atom is -0.667 e. The summed E-state index contributed by atoms with van der Waals surface area (Å²) in [6.07, 6.45) is 10.3. The number of carbonyl (C=O) groups excluding carboxylic acids is 1. The molecule has 5 aliphatic rings. The van der Waals surface area contributed by atoms with Gasteiger partial charge in [-0.3, -0.25) is 6.08 Å². The van der Waals surface area contributed by atoms with Gasteiger partial charge < -0.3 is 10.5 Å². The summed E-state index contributed by atoms with van der Waals surface area (Å²) in [5.41, 5.74) is 12.3. The van der Waals surface area contributed by atoms with Crippen LogP contribution in [0.3, 0.4) is 0 Å². The number of amides is 1. The van der Waals surface area contributed by atoms with Gasteiger partial charge in [0.2, 0.25) is 0 Å². The molecule has 2 aromatic rings. The molecule has 4 fully saturated rings. The summed E-state index contributed by atoms with van der Waals surface area (Å²) < 4.78 is 0. The zero-order valence-electron chi connectivity index (χ0n) is 24.2. The molecule has 38 heavy (non-hydrogen) atoms. The van der Waals surface area contributed by atoms with E-state index in [9.17, 15) is 4.79 Å². The molecule has 0 aromatic heterocycles. The number of benzene rings is 2. The molecule has 5 aliphatic carbocycles. The van der Waals surface area contributed by atoms with E-state index in [0.717, 1.165) is 25.2 Å². The van der Waals surface area contributed by atoms with Gasteiger partial charge in [0.25, 0.3) is 0 Å². The Bertz CT molecular complexity index is 1120. The van der Waals surface area contributed by atoms with Crippen molar-refractivity contribution in [3.63, 3.8) is 0 Å². The van der Waals surface area contributed by atoms with E-state index in [1.54, 1.807) is 0 Å². The third kappa shape index (κ3) is 7.09. The monoisotopic (exact) mass is 558 g/mol. The van der Waals surface area contributed by atoms with Gasteiger partial charge in [-0.2, -0.15) is 11.1 Å². The molecule has 2 nitrogen and oxygen atoms in total. The van der Waals surface area contributed by atoms with Crippen LogP contribution in [0, 0.1) is 34.2 Å². The van der Waals surface area contributed by atoms with Gasteiger partial charge in [0.1, 0.15) is 9.52 Å². The average molecular weight is 559 g/mol. The second-order valence-corrected chi connectivity index (χ2v) is 14.6. The molecule has 3 atom stereocenters. The fourth-order valence-electron chi connectivity index (χ4n) is 8.15. The Kier molecular flexibility index (Phi) is 9.93. The van der Waals surface area contributed by atoms with Crippen LogP contribution in [0.15, 0.2) is 77.4 Å². The molecule has 0 heterocycles. The fourth-order valence-corrected chi connectivity index (χ4v) is 9.37. The van der Waals surface area contributed by atoms with Crippen molar-refractivity contribution in [2.75, 3.05) is 0 Å². The van der Waals surface area contributed by atoms with Crippen molar-refractivity contribution < 1.29 is 26.5 Å². The van der Waals surface area contributed by atoms with Crippen molar-refractivity contribution in [1.29, 1.82) is 0 Å². The number of nitrogens with one attached hydrogen (secondary N) is 1. The maximum absolute atomic E-state index is 11.6. The van der Waals surface area contributed by atoms with E-state index in [1.165, 1.54) is 46.4 Å². The largest absolute Gasteiger partial charge is 2.00 e. The third-order valence-electron chi connectivity index (χ3n) is 9.28. The number of rotatable bonds is 3. The molecule has 0 spiro atoms. The van der Waals surface area contributed by atoms with Crippen LogP contribution in [0.1, 0.15) is 80.1 Å². The first-order valence-corrected chi connectivity index (χ1v) is 15.1. The minimum absolute atomic E-state index is 0. The zero-order valence-corrected chi connectivity index (χ0v) is 26.9. The van der Waals surface area contributed by atoms with Gasteiger partial charge in [-0.15, -0.1) is 6.92 Å². The fraction of sp³-hybridized carbons (Fsp3) is 0.500. The van der Waals surface area contributed by atoms with Crippen LogP contribution in [-0.2, 0) is 26.5 Å². The number of hydrogen-bond acceptors (Lipinski definition) is 1. The molecule has 7 rings (SSSR count). The Labute approximate surface area is 248 Å². The Morgan fingerprint density at radius 1 is 0.842 bits per heavy atom. The summed E-state index contributed by atoms with van der Waals surface area (Å²) in [5.74, 6) is 1.01. The third-order valence-corrected chi connectivity index (χ3v) is 10.7. The molecule has 1 radical (unpaired) electrons. The van der Waals surface area contributed by atoms with E-state index >= 15 is 0 Å². The molecule has 0 aliphatic heterocycles. The second kappa shape index (κ2) is 12.2. The van der Waals surface area contributed by atoms with Crippen molar-refractivity contribution in [2.45, 2.75) is 80.1 Å². The Balaban J connectivity index is 0.000000161. The van der Waals surface area contributed by atoms with E-state index in [1.807, 2.05) is 0 Å². The van der Waals surface area contributed by atoms with Crippen molar-refractivity contribution in [3.05, 3.63) is 89.2 Å². The Hall–Kier alpha value is -1.68. The van der Waals surface area contributed by atoms with Gasteiger partial charge in [0.05, 0.1) is 5.91 Å². The summed E-state index contributed by atoms with van der Waals surface area (Å²) >= 11 is 0. The first-order valence-electron chi connectivity index (χ1n) is 13.9. The van der Waals surface area contributed by atoms with Crippen molar-refractivity contribution >= 4 is 25.8 Å². The predicted octanol–water partition coefficient (Wildman–Crippen LogP) is 7.36. The normalized spacial score (nSPS) is 32.3.